The molecule has 0 aliphatic carbocycles. The van der Waals surface area contributed by atoms with Crippen molar-refractivity contribution in [2.75, 3.05) is 19.6 Å². The SMILES string of the molecule is C[C@@H]1CNCCN1C(=O)Cn1cnc2c(cnn2C)c1=O.Cl. The molecule has 0 unspecified atom stereocenters. The molecule has 0 saturated carbocycles. The van der Waals surface area contributed by atoms with Crippen molar-refractivity contribution in [3.05, 3.63) is 22.9 Å². The Hall–Kier alpha value is -1.93. The molecule has 120 valence electrons. The molecule has 3 rings (SSSR count). The molecular formula is C13H19ClN6O2. The van der Waals surface area contributed by atoms with Crippen LogP contribution in [-0.4, -0.2) is 55.8 Å². The molecule has 3 heterocycles. The molecule has 9 heteroatoms. The van der Waals surface area contributed by atoms with Gasteiger partial charge in [-0.25, -0.2) is 4.98 Å². The van der Waals surface area contributed by atoms with Crippen molar-refractivity contribution < 1.29 is 4.79 Å². The largest absolute Gasteiger partial charge is 0.336 e. The van der Waals surface area contributed by atoms with E-state index in [-0.39, 0.29) is 36.5 Å². The number of aromatic nitrogens is 4. The molecule has 8 nitrogen and oxygen atoms in total. The molecule has 0 aromatic carbocycles. The van der Waals surface area contributed by atoms with Crippen LogP contribution in [0.5, 0.6) is 0 Å². The van der Waals surface area contributed by atoms with E-state index in [9.17, 15) is 9.59 Å². The van der Waals surface area contributed by atoms with Crippen molar-refractivity contribution in [2.45, 2.75) is 19.5 Å². The predicted molar refractivity (Wildman–Crippen MR) is 84.1 cm³/mol. The quantitative estimate of drug-likeness (QED) is 0.794. The van der Waals surface area contributed by atoms with E-state index in [4.69, 9.17) is 0 Å². The highest BCUT2D eigenvalue weighted by atomic mass is 35.5. The Labute approximate surface area is 133 Å². The van der Waals surface area contributed by atoms with Crippen LogP contribution in [0.25, 0.3) is 11.0 Å². The fourth-order valence-electron chi connectivity index (χ4n) is 2.63. The first-order valence-corrected chi connectivity index (χ1v) is 6.95. The summed E-state index contributed by atoms with van der Waals surface area (Å²) < 4.78 is 2.89. The van der Waals surface area contributed by atoms with Crippen LogP contribution < -0.4 is 10.9 Å². The smallest absolute Gasteiger partial charge is 0.264 e. The maximum absolute atomic E-state index is 12.4. The third-order valence-electron chi connectivity index (χ3n) is 3.85. The Kier molecular flexibility index (Phi) is 4.82. The Bertz CT molecular complexity index is 740. The first-order chi connectivity index (χ1) is 10.1. The Morgan fingerprint density at radius 1 is 1.50 bits per heavy atom. The number of hydrogen-bond donors (Lipinski definition) is 1. The van der Waals surface area contributed by atoms with E-state index in [1.807, 2.05) is 6.92 Å². The summed E-state index contributed by atoms with van der Waals surface area (Å²) >= 11 is 0. The van der Waals surface area contributed by atoms with Crippen molar-refractivity contribution in [1.82, 2.24) is 29.5 Å². The van der Waals surface area contributed by atoms with Crippen LogP contribution in [-0.2, 0) is 18.4 Å². The molecule has 1 fully saturated rings. The maximum Gasteiger partial charge on any atom is 0.264 e. The summed E-state index contributed by atoms with van der Waals surface area (Å²) in [7, 11) is 1.73. The molecule has 0 bridgehead atoms. The van der Waals surface area contributed by atoms with Gasteiger partial charge in [0, 0.05) is 32.7 Å². The lowest BCUT2D eigenvalue weighted by Crippen LogP contribution is -2.53. The molecule has 1 saturated heterocycles. The van der Waals surface area contributed by atoms with Gasteiger partial charge >= 0.3 is 0 Å². The predicted octanol–water partition coefficient (Wildman–Crippen LogP) is -0.628. The Balaban J connectivity index is 0.00000176. The van der Waals surface area contributed by atoms with Gasteiger partial charge in [0.2, 0.25) is 5.91 Å². The number of fused-ring (bicyclic) bond motifs is 1. The third-order valence-corrected chi connectivity index (χ3v) is 3.85. The average molecular weight is 327 g/mol. The zero-order chi connectivity index (χ0) is 15.0. The van der Waals surface area contributed by atoms with Gasteiger partial charge in [0.15, 0.2) is 5.65 Å². The van der Waals surface area contributed by atoms with E-state index in [0.29, 0.717) is 17.6 Å². The lowest BCUT2D eigenvalue weighted by atomic mass is 10.2. The number of nitrogens with zero attached hydrogens (tertiary/aromatic N) is 5. The van der Waals surface area contributed by atoms with Crippen molar-refractivity contribution in [3.63, 3.8) is 0 Å². The van der Waals surface area contributed by atoms with Crippen molar-refractivity contribution in [1.29, 1.82) is 0 Å². The van der Waals surface area contributed by atoms with Gasteiger partial charge < -0.3 is 10.2 Å². The van der Waals surface area contributed by atoms with Crippen LogP contribution in [0.1, 0.15) is 6.92 Å². The van der Waals surface area contributed by atoms with E-state index >= 15 is 0 Å². The van der Waals surface area contributed by atoms with E-state index in [2.05, 4.69) is 15.4 Å². The summed E-state index contributed by atoms with van der Waals surface area (Å²) in [5.74, 6) is -0.0591. The number of hydrogen-bond acceptors (Lipinski definition) is 5. The molecule has 2 aromatic heterocycles. The second-order valence-corrected chi connectivity index (χ2v) is 5.32. The van der Waals surface area contributed by atoms with Crippen molar-refractivity contribution >= 4 is 29.3 Å². The molecule has 22 heavy (non-hydrogen) atoms. The number of piperazine rings is 1. The van der Waals surface area contributed by atoms with E-state index in [1.54, 1.807) is 16.6 Å². The fourth-order valence-corrected chi connectivity index (χ4v) is 2.63. The summed E-state index contributed by atoms with van der Waals surface area (Å²) in [6.45, 7) is 4.24. The highest BCUT2D eigenvalue weighted by molar-refractivity contribution is 5.85. The van der Waals surface area contributed by atoms with Crippen LogP contribution in [0.4, 0.5) is 0 Å². The minimum absolute atomic E-state index is 0. The zero-order valence-corrected chi connectivity index (χ0v) is 13.3. The van der Waals surface area contributed by atoms with Crippen LogP contribution >= 0.6 is 12.4 Å². The average Bonchev–Trinajstić information content (AvgIpc) is 2.84. The normalized spacial score (nSPS) is 18.3. The first-order valence-electron chi connectivity index (χ1n) is 6.95. The topological polar surface area (TPSA) is 85.1 Å². The zero-order valence-electron chi connectivity index (χ0n) is 12.5. The first kappa shape index (κ1) is 16.4. The van der Waals surface area contributed by atoms with Crippen molar-refractivity contribution in [3.8, 4) is 0 Å². The van der Waals surface area contributed by atoms with Crippen LogP contribution in [0, 0.1) is 0 Å². The molecule has 1 aliphatic heterocycles. The minimum atomic E-state index is -0.232. The number of carbonyl (C=O) groups is 1. The van der Waals surface area contributed by atoms with E-state index in [1.165, 1.54) is 17.1 Å². The summed E-state index contributed by atoms with van der Waals surface area (Å²) in [5.41, 5.74) is 0.295. The van der Waals surface area contributed by atoms with E-state index < -0.39 is 0 Å². The molecule has 2 aromatic rings. The van der Waals surface area contributed by atoms with Gasteiger partial charge in [-0.05, 0) is 6.92 Å². The molecule has 1 aliphatic rings. The molecule has 1 amide bonds. The van der Waals surface area contributed by atoms with Gasteiger partial charge in [-0.3, -0.25) is 18.8 Å². The van der Waals surface area contributed by atoms with Gasteiger partial charge in [0.25, 0.3) is 5.56 Å². The summed E-state index contributed by atoms with van der Waals surface area (Å²) in [6.07, 6.45) is 2.90. The standard InChI is InChI=1S/C13H18N6O2.ClH/c1-9-5-14-3-4-19(9)11(20)7-18-8-15-12-10(13(18)21)6-16-17(12)2;/h6,8-9,14H,3-5,7H2,1-2H3;1H/t9-;/m1./s1. The van der Waals surface area contributed by atoms with Gasteiger partial charge in [-0.15, -0.1) is 12.4 Å². The number of nitrogens with one attached hydrogen (secondary N) is 1. The van der Waals surface area contributed by atoms with Crippen molar-refractivity contribution in [2.24, 2.45) is 7.05 Å². The van der Waals surface area contributed by atoms with Crippen LogP contribution in [0.2, 0.25) is 0 Å². The molecule has 1 N–H and O–H groups in total. The van der Waals surface area contributed by atoms with Gasteiger partial charge in [-0.2, -0.15) is 5.10 Å². The number of carbonyl (C=O) groups excluding carboxylic acids is 1. The molecule has 0 spiro atoms. The highest BCUT2D eigenvalue weighted by Crippen LogP contribution is 2.06. The second kappa shape index (κ2) is 6.45. The summed E-state index contributed by atoms with van der Waals surface area (Å²) in [5, 5.41) is 7.68. The Morgan fingerprint density at radius 3 is 3.00 bits per heavy atom. The lowest BCUT2D eigenvalue weighted by Gasteiger charge is -2.34. The van der Waals surface area contributed by atoms with Gasteiger partial charge in [0.1, 0.15) is 18.3 Å². The number of halogens is 1. The monoisotopic (exact) mass is 326 g/mol. The summed E-state index contributed by atoms with van der Waals surface area (Å²) in [4.78, 5) is 30.7. The second-order valence-electron chi connectivity index (χ2n) is 5.32. The van der Waals surface area contributed by atoms with Gasteiger partial charge in [0.05, 0.1) is 6.20 Å². The molecule has 0 radical (unpaired) electrons. The Morgan fingerprint density at radius 2 is 2.27 bits per heavy atom. The highest BCUT2D eigenvalue weighted by Gasteiger charge is 2.23. The van der Waals surface area contributed by atoms with Crippen LogP contribution in [0.3, 0.4) is 0 Å². The molecule has 1 atom stereocenters. The number of amides is 1. The van der Waals surface area contributed by atoms with Crippen LogP contribution in [0.15, 0.2) is 17.3 Å². The third kappa shape index (κ3) is 2.84. The number of aryl methyl sites for hydroxylation is 1. The van der Waals surface area contributed by atoms with E-state index in [0.717, 1.165) is 13.1 Å². The lowest BCUT2D eigenvalue weighted by molar-refractivity contribution is -0.134. The maximum atomic E-state index is 12.4. The minimum Gasteiger partial charge on any atom is -0.336 e. The van der Waals surface area contributed by atoms with Gasteiger partial charge in [-0.1, -0.05) is 0 Å². The molecular weight excluding hydrogens is 308 g/mol. The number of rotatable bonds is 2. The fraction of sp³-hybridized carbons (Fsp3) is 0.538. The summed E-state index contributed by atoms with van der Waals surface area (Å²) in [6, 6.07) is 0.136.